The van der Waals surface area contributed by atoms with Crippen molar-refractivity contribution in [2.24, 2.45) is 9.04 Å². The Bertz CT molecular complexity index is 2740. The fraction of sp³-hybridized carbons (Fsp3) is 0.229. The van der Waals surface area contributed by atoms with Crippen molar-refractivity contribution in [1.29, 1.82) is 0 Å². The molecular formula is C48H55BrK2N8O9S4. The second-order valence-corrected chi connectivity index (χ2v) is 19.9. The minimum atomic E-state index is -3.98. The largest absolute Gasteiger partial charge is 1.00 e. The molecule has 0 bridgehead atoms. The molecular weight excluding hydrogens is 1120 g/mol. The maximum atomic E-state index is 11.9. The van der Waals surface area contributed by atoms with Gasteiger partial charge in [-0.15, -0.1) is 23.5 Å². The van der Waals surface area contributed by atoms with E-state index in [1.807, 2.05) is 72.4 Å². The van der Waals surface area contributed by atoms with Gasteiger partial charge >= 0.3 is 103 Å². The van der Waals surface area contributed by atoms with Crippen LogP contribution in [0.1, 0.15) is 31.1 Å². The first kappa shape index (κ1) is 69.2. The summed E-state index contributed by atoms with van der Waals surface area (Å²) in [7, 11) is -4.48. The zero-order valence-corrected chi connectivity index (χ0v) is 50.7. The molecule has 24 heteroatoms. The molecule has 6 rings (SSSR count). The van der Waals surface area contributed by atoms with Crippen LogP contribution >= 0.6 is 39.5 Å². The Kier molecular flexibility index (Phi) is 39.0. The van der Waals surface area contributed by atoms with Gasteiger partial charge in [-0.3, -0.25) is 9.69 Å². The number of alkyl halides is 1. The normalized spacial score (nSPS) is 10.1. The number of halogens is 1. The van der Waals surface area contributed by atoms with E-state index < -0.39 is 20.0 Å². The fourth-order valence-electron chi connectivity index (χ4n) is 5.71. The maximum Gasteiger partial charge on any atom is 1.00 e. The van der Waals surface area contributed by atoms with Gasteiger partial charge in [0.15, 0.2) is 0 Å². The van der Waals surface area contributed by atoms with Crippen molar-refractivity contribution in [3.8, 4) is 11.5 Å². The number of sulfonamides is 2. The quantitative estimate of drug-likeness (QED) is 0.00915. The molecule has 0 spiro atoms. The third-order valence-electron chi connectivity index (χ3n) is 9.09. The number of ether oxygens (including phenoxy) is 2. The van der Waals surface area contributed by atoms with E-state index >= 15 is 0 Å². The summed E-state index contributed by atoms with van der Waals surface area (Å²) >= 11 is 6.91. The molecule has 0 saturated heterocycles. The molecule has 6 aromatic carbocycles. The number of benzene rings is 6. The molecule has 1 N–H and O–H groups in total. The van der Waals surface area contributed by atoms with Crippen LogP contribution in [0.5, 0.6) is 11.5 Å². The zero-order chi connectivity index (χ0) is 50.2. The van der Waals surface area contributed by atoms with E-state index in [1.54, 1.807) is 50.2 Å². The van der Waals surface area contributed by atoms with Crippen LogP contribution in [0.4, 0.5) is 0 Å². The first-order valence-corrected chi connectivity index (χ1v) is 26.5. The predicted molar refractivity (Wildman–Crippen MR) is 279 cm³/mol. The molecule has 0 amide bonds. The molecule has 0 aliphatic rings. The minimum absolute atomic E-state index is 0. The summed E-state index contributed by atoms with van der Waals surface area (Å²) in [5.41, 5.74) is 20.8. The molecule has 0 saturated carbocycles. The number of hydrogen-bond acceptors (Lipinski definition) is 13. The van der Waals surface area contributed by atoms with Crippen molar-refractivity contribution < 1.29 is 145 Å². The van der Waals surface area contributed by atoms with E-state index in [2.05, 4.69) is 98.4 Å². The predicted octanol–water partition coefficient (Wildman–Crippen LogP) is 4.84. The zero-order valence-electron chi connectivity index (χ0n) is 40.6. The third kappa shape index (κ3) is 28.2. The molecule has 72 heavy (non-hydrogen) atoms. The molecule has 0 heterocycles. The standard InChI is InChI=1S/C23H24N4O3S2.C16H19NOS.C7H6BrN3O2S.CH2O3.CH4.2K.H/c1-30-21-11-7-19(8-12-21)17-27(15-16-31-22-5-3-2-4-6-22)18-20-9-13-23(14-10-20)32(28,29)26-25-24;1-18-15-9-7-14(8-10-15)13-17-11-12-19-16-5-3-2-4-6-16;8-5-6-1-3-7(4-2-6)14(12,13)11-10-9;2-1-4-3;;;;/h2-14H,15-18H2,1H3;2-10,17H,11-13H2,1H3;1-4H,5H2;1,3H;1H4;;;/q;;;;;2*+1;-1/p-1. The topological polar surface area (TPSA) is 249 Å². The van der Waals surface area contributed by atoms with Gasteiger partial charge in [0.1, 0.15) is 11.5 Å². The Balaban J connectivity index is 0. The Labute approximate surface area is 526 Å². The van der Waals surface area contributed by atoms with Crippen molar-refractivity contribution in [1.82, 2.24) is 10.2 Å². The average Bonchev–Trinajstić information content (AvgIpc) is 3.38. The number of azide groups is 2. The van der Waals surface area contributed by atoms with Crippen molar-refractivity contribution >= 4 is 66.0 Å². The van der Waals surface area contributed by atoms with Gasteiger partial charge < -0.3 is 26.4 Å². The Morgan fingerprint density at radius 3 is 1.39 bits per heavy atom. The van der Waals surface area contributed by atoms with Gasteiger partial charge in [-0.2, -0.15) is 0 Å². The van der Waals surface area contributed by atoms with Crippen molar-refractivity contribution in [2.75, 3.05) is 38.8 Å². The Morgan fingerprint density at radius 2 is 1.01 bits per heavy atom. The number of rotatable bonds is 22. The molecule has 0 fully saturated rings. The van der Waals surface area contributed by atoms with E-state index in [0.717, 1.165) is 65.9 Å². The molecule has 0 unspecified atom stereocenters. The monoisotopic (exact) mass is 1170 g/mol. The second-order valence-electron chi connectivity index (χ2n) is 13.8. The molecule has 0 aliphatic carbocycles. The van der Waals surface area contributed by atoms with Crippen LogP contribution in [-0.4, -0.2) is 67.0 Å². The van der Waals surface area contributed by atoms with Crippen LogP contribution in [0.15, 0.2) is 186 Å². The third-order valence-corrected chi connectivity index (χ3v) is 14.1. The van der Waals surface area contributed by atoms with Gasteiger partial charge in [0.25, 0.3) is 26.5 Å². The van der Waals surface area contributed by atoms with Gasteiger partial charge in [0, 0.05) is 78.2 Å². The first-order valence-electron chi connectivity index (χ1n) is 20.5. The maximum absolute atomic E-state index is 11.9. The number of nitrogens with one attached hydrogen (secondary N) is 1. The van der Waals surface area contributed by atoms with Crippen molar-refractivity contribution in [2.45, 2.75) is 52.0 Å². The summed E-state index contributed by atoms with van der Waals surface area (Å²) in [5.74, 6) is 3.73. The van der Waals surface area contributed by atoms with Gasteiger partial charge in [-0.1, -0.05) is 108 Å². The molecule has 0 aliphatic heterocycles. The Hall–Kier alpha value is -2.76. The molecule has 0 atom stereocenters. The van der Waals surface area contributed by atoms with Gasteiger partial charge in [-0.25, -0.2) is 16.8 Å². The summed E-state index contributed by atoms with van der Waals surface area (Å²) in [6, 6.07) is 49.5. The van der Waals surface area contributed by atoms with Crippen LogP contribution in [0.3, 0.4) is 0 Å². The van der Waals surface area contributed by atoms with E-state index in [0.29, 0.717) is 11.9 Å². The summed E-state index contributed by atoms with van der Waals surface area (Å²) in [5, 5.41) is 12.5. The second kappa shape index (κ2) is 40.5. The number of thioether (sulfide) groups is 2. The van der Waals surface area contributed by atoms with Crippen molar-refractivity contribution in [3.63, 3.8) is 0 Å². The molecule has 374 valence electrons. The molecule has 6 aromatic rings. The minimum Gasteiger partial charge on any atom is -1.00 e. The number of methoxy groups -OCH3 is 2. The van der Waals surface area contributed by atoms with Crippen molar-refractivity contribution in [3.05, 3.63) is 201 Å². The van der Waals surface area contributed by atoms with Gasteiger partial charge in [0.2, 0.25) is 0 Å². The van der Waals surface area contributed by atoms with E-state index in [9.17, 15) is 16.8 Å². The molecule has 0 aromatic heterocycles. The van der Waals surface area contributed by atoms with E-state index in [4.69, 9.17) is 30.6 Å². The number of hydrogen-bond donors (Lipinski definition) is 1. The summed E-state index contributed by atoms with van der Waals surface area (Å²) in [6.45, 7) is 3.98. The smallest absolute Gasteiger partial charge is 1.00 e. The first-order chi connectivity index (χ1) is 33.4. The number of carbonyl (C=O) groups is 1. The molecule has 0 radical (unpaired) electrons. The van der Waals surface area contributed by atoms with Gasteiger partial charge in [-0.05, 0) is 106 Å². The van der Waals surface area contributed by atoms with Crippen LogP contribution < -0.4 is 123 Å². The fourth-order valence-corrected chi connectivity index (χ4v) is 9.19. The summed E-state index contributed by atoms with van der Waals surface area (Å²) in [4.78, 5) is 20.7. The van der Waals surface area contributed by atoms with Crippen LogP contribution in [-0.2, 0) is 54.7 Å². The Morgan fingerprint density at radius 1 is 0.639 bits per heavy atom. The molecule has 17 nitrogen and oxygen atoms in total. The van der Waals surface area contributed by atoms with Crippen LogP contribution in [0.25, 0.3) is 20.9 Å². The van der Waals surface area contributed by atoms with Crippen LogP contribution in [0.2, 0.25) is 0 Å². The number of carbonyl (C=O) groups excluding carboxylic acids is 1. The van der Waals surface area contributed by atoms with E-state index in [-0.39, 0.29) is 128 Å². The summed E-state index contributed by atoms with van der Waals surface area (Å²) in [6.07, 6.45) is 0. The summed E-state index contributed by atoms with van der Waals surface area (Å²) < 4.78 is 62.2. The SMILES string of the molecule is C.COc1ccc(CN(CCSc2ccccc2)Cc2ccc(S(=O)(=O)N=[N+]=[N-])cc2)cc1.COc1ccc(CNCCSc2ccccc2)cc1.O=CO[O-].[H-].[K+].[K+].[N-]=[N+]=NS(=O)(=O)c1ccc(CBr)cc1. The van der Waals surface area contributed by atoms with Crippen LogP contribution in [0, 0.1) is 0 Å². The van der Waals surface area contributed by atoms with Gasteiger partial charge in [0.05, 0.1) is 24.0 Å². The average molecular weight is 1170 g/mol. The van der Waals surface area contributed by atoms with E-state index in [1.165, 1.54) is 39.6 Å². The number of nitrogens with zero attached hydrogens (tertiary/aromatic N) is 7.